The molecule has 0 spiro atoms. The van der Waals surface area contributed by atoms with E-state index in [1.807, 2.05) is 28.0 Å². The molecule has 1 aromatic carbocycles. The largest absolute Gasteiger partial charge is 0.339 e. The molecule has 3 rings (SSSR count). The normalized spacial score (nSPS) is 25.4. The van der Waals surface area contributed by atoms with Crippen LogP contribution in [0, 0.1) is 5.92 Å². The Balaban J connectivity index is 1.56. The molecule has 2 fully saturated rings. The van der Waals surface area contributed by atoms with Crippen LogP contribution in [-0.2, 0) is 9.59 Å². The van der Waals surface area contributed by atoms with Crippen LogP contribution in [0.3, 0.4) is 0 Å². The Morgan fingerprint density at radius 2 is 1.60 bits per heavy atom. The first-order valence-electron chi connectivity index (χ1n) is 7.26. The van der Waals surface area contributed by atoms with Gasteiger partial charge in [0.2, 0.25) is 11.8 Å². The molecule has 2 unspecified atom stereocenters. The van der Waals surface area contributed by atoms with E-state index >= 15 is 0 Å². The summed E-state index contributed by atoms with van der Waals surface area (Å²) in [6, 6.07) is 10.3. The Morgan fingerprint density at radius 3 is 2.20 bits per heavy atom. The van der Waals surface area contributed by atoms with Crippen LogP contribution in [0.25, 0.3) is 0 Å². The van der Waals surface area contributed by atoms with E-state index in [2.05, 4.69) is 12.1 Å². The molecule has 1 aliphatic carbocycles. The summed E-state index contributed by atoms with van der Waals surface area (Å²) in [6.07, 6.45) is 0.968. The molecule has 2 amide bonds. The third-order valence-electron chi connectivity index (χ3n) is 4.37. The first-order valence-corrected chi connectivity index (χ1v) is 7.26. The molecule has 0 bridgehead atoms. The maximum Gasteiger partial charge on any atom is 0.226 e. The van der Waals surface area contributed by atoms with Gasteiger partial charge in [0.25, 0.3) is 0 Å². The van der Waals surface area contributed by atoms with Crippen molar-refractivity contribution in [2.24, 2.45) is 5.92 Å². The van der Waals surface area contributed by atoms with Crippen molar-refractivity contribution < 1.29 is 9.59 Å². The van der Waals surface area contributed by atoms with E-state index < -0.39 is 0 Å². The average Bonchev–Trinajstić information content (AvgIpc) is 3.28. The minimum absolute atomic E-state index is 0.102. The van der Waals surface area contributed by atoms with Gasteiger partial charge in [-0.3, -0.25) is 9.59 Å². The van der Waals surface area contributed by atoms with Crippen molar-refractivity contribution in [1.29, 1.82) is 0 Å². The van der Waals surface area contributed by atoms with E-state index in [1.165, 1.54) is 5.56 Å². The van der Waals surface area contributed by atoms with Crippen LogP contribution in [0.5, 0.6) is 0 Å². The molecule has 1 aromatic rings. The van der Waals surface area contributed by atoms with Crippen molar-refractivity contribution in [3.8, 4) is 0 Å². The lowest BCUT2D eigenvalue weighted by Gasteiger charge is -2.34. The van der Waals surface area contributed by atoms with Gasteiger partial charge in [-0.1, -0.05) is 30.3 Å². The minimum atomic E-state index is 0.102. The summed E-state index contributed by atoms with van der Waals surface area (Å²) in [5, 5.41) is 0. The van der Waals surface area contributed by atoms with Crippen molar-refractivity contribution in [2.75, 3.05) is 26.2 Å². The van der Waals surface area contributed by atoms with Crippen molar-refractivity contribution in [3.05, 3.63) is 35.9 Å². The van der Waals surface area contributed by atoms with Gasteiger partial charge in [0, 0.05) is 39.0 Å². The summed E-state index contributed by atoms with van der Waals surface area (Å²) in [6.45, 7) is 4.28. The van der Waals surface area contributed by atoms with Crippen molar-refractivity contribution in [2.45, 2.75) is 19.3 Å². The molecule has 2 atom stereocenters. The highest BCUT2D eigenvalue weighted by Gasteiger charge is 2.45. The molecule has 0 radical (unpaired) electrons. The van der Waals surface area contributed by atoms with Gasteiger partial charge in [0.1, 0.15) is 0 Å². The SMILES string of the molecule is CC(=O)N1CCN(C(=O)C2CC2c2ccccc2)CC1. The maximum atomic E-state index is 12.4. The summed E-state index contributed by atoms with van der Waals surface area (Å²) in [4.78, 5) is 27.5. The van der Waals surface area contributed by atoms with Crippen LogP contribution in [0.1, 0.15) is 24.8 Å². The van der Waals surface area contributed by atoms with Crippen LogP contribution in [0.2, 0.25) is 0 Å². The second-order valence-electron chi connectivity index (χ2n) is 5.69. The third kappa shape index (κ3) is 2.55. The second kappa shape index (κ2) is 5.27. The quantitative estimate of drug-likeness (QED) is 0.818. The van der Waals surface area contributed by atoms with Gasteiger partial charge in [-0.2, -0.15) is 0 Å². The Kier molecular flexibility index (Phi) is 3.47. The Hall–Kier alpha value is -1.84. The lowest BCUT2D eigenvalue weighted by atomic mass is 10.1. The van der Waals surface area contributed by atoms with Crippen LogP contribution in [-0.4, -0.2) is 47.8 Å². The highest BCUT2D eigenvalue weighted by atomic mass is 16.2. The van der Waals surface area contributed by atoms with Crippen molar-refractivity contribution in [1.82, 2.24) is 9.80 Å². The number of piperazine rings is 1. The van der Waals surface area contributed by atoms with E-state index in [0.29, 0.717) is 32.1 Å². The zero-order valence-electron chi connectivity index (χ0n) is 11.8. The van der Waals surface area contributed by atoms with Crippen molar-refractivity contribution >= 4 is 11.8 Å². The zero-order chi connectivity index (χ0) is 14.1. The predicted molar refractivity (Wildman–Crippen MR) is 76.1 cm³/mol. The second-order valence-corrected chi connectivity index (χ2v) is 5.69. The first-order chi connectivity index (χ1) is 9.66. The molecule has 20 heavy (non-hydrogen) atoms. The molecule has 1 heterocycles. The van der Waals surface area contributed by atoms with Gasteiger partial charge in [-0.25, -0.2) is 0 Å². The molecule has 4 nitrogen and oxygen atoms in total. The minimum Gasteiger partial charge on any atom is -0.339 e. The van der Waals surface area contributed by atoms with Crippen LogP contribution >= 0.6 is 0 Å². The standard InChI is InChI=1S/C16H20N2O2/c1-12(19)17-7-9-18(10-8-17)16(20)15-11-14(15)13-5-3-2-4-6-13/h2-6,14-15H,7-11H2,1H3. The number of amides is 2. The highest BCUT2D eigenvalue weighted by molar-refractivity contribution is 5.83. The van der Waals surface area contributed by atoms with E-state index in [0.717, 1.165) is 6.42 Å². The van der Waals surface area contributed by atoms with E-state index in [9.17, 15) is 9.59 Å². The van der Waals surface area contributed by atoms with Gasteiger partial charge >= 0.3 is 0 Å². The fraction of sp³-hybridized carbons (Fsp3) is 0.500. The monoisotopic (exact) mass is 272 g/mol. The number of carbonyl (C=O) groups is 2. The number of hydrogen-bond donors (Lipinski definition) is 0. The summed E-state index contributed by atoms with van der Waals surface area (Å²) in [5.41, 5.74) is 1.27. The van der Waals surface area contributed by atoms with E-state index in [4.69, 9.17) is 0 Å². The van der Waals surface area contributed by atoms with Crippen molar-refractivity contribution in [3.63, 3.8) is 0 Å². The van der Waals surface area contributed by atoms with Crippen LogP contribution in [0.15, 0.2) is 30.3 Å². The molecule has 1 aliphatic heterocycles. The topological polar surface area (TPSA) is 40.6 Å². The van der Waals surface area contributed by atoms with Gasteiger partial charge in [0.15, 0.2) is 0 Å². The summed E-state index contributed by atoms with van der Waals surface area (Å²) in [7, 11) is 0. The number of benzene rings is 1. The fourth-order valence-corrected chi connectivity index (χ4v) is 3.01. The molecule has 0 aromatic heterocycles. The Morgan fingerprint density at radius 1 is 1.00 bits per heavy atom. The van der Waals surface area contributed by atoms with E-state index in [-0.39, 0.29) is 17.7 Å². The number of carbonyl (C=O) groups excluding carboxylic acids is 2. The molecule has 4 heteroatoms. The lowest BCUT2D eigenvalue weighted by Crippen LogP contribution is -2.50. The molecular formula is C16H20N2O2. The number of hydrogen-bond acceptors (Lipinski definition) is 2. The summed E-state index contributed by atoms with van der Waals surface area (Å²) >= 11 is 0. The average molecular weight is 272 g/mol. The molecular weight excluding hydrogens is 252 g/mol. The smallest absolute Gasteiger partial charge is 0.226 e. The maximum absolute atomic E-state index is 12.4. The van der Waals surface area contributed by atoms with Gasteiger partial charge in [-0.05, 0) is 17.9 Å². The predicted octanol–water partition coefficient (Wildman–Crippen LogP) is 1.48. The van der Waals surface area contributed by atoms with Gasteiger partial charge in [-0.15, -0.1) is 0 Å². The molecule has 1 saturated heterocycles. The zero-order valence-corrected chi connectivity index (χ0v) is 11.8. The van der Waals surface area contributed by atoms with Gasteiger partial charge < -0.3 is 9.80 Å². The molecule has 2 aliphatic rings. The third-order valence-corrected chi connectivity index (χ3v) is 4.37. The Bertz CT molecular complexity index is 506. The van der Waals surface area contributed by atoms with E-state index in [1.54, 1.807) is 6.92 Å². The fourth-order valence-electron chi connectivity index (χ4n) is 3.01. The van der Waals surface area contributed by atoms with Crippen LogP contribution < -0.4 is 0 Å². The highest BCUT2D eigenvalue weighted by Crippen LogP contribution is 2.48. The number of rotatable bonds is 2. The Labute approximate surface area is 119 Å². The molecule has 0 N–H and O–H groups in total. The summed E-state index contributed by atoms with van der Waals surface area (Å²) in [5.74, 6) is 0.920. The first kappa shape index (κ1) is 13.2. The van der Waals surface area contributed by atoms with Gasteiger partial charge in [0.05, 0.1) is 0 Å². The van der Waals surface area contributed by atoms with Crippen LogP contribution in [0.4, 0.5) is 0 Å². The number of nitrogens with zero attached hydrogens (tertiary/aromatic N) is 2. The summed E-state index contributed by atoms with van der Waals surface area (Å²) < 4.78 is 0. The lowest BCUT2D eigenvalue weighted by molar-refractivity contribution is -0.139. The molecule has 1 saturated carbocycles. The molecule has 106 valence electrons.